The molecular weight excluding hydrogens is 431 g/mol. The van der Waals surface area contributed by atoms with Gasteiger partial charge < -0.3 is 14.8 Å². The van der Waals surface area contributed by atoms with E-state index in [4.69, 9.17) is 14.8 Å². The molecule has 0 bridgehead atoms. The maximum Gasteiger partial charge on any atom is 0.335 e. The minimum absolute atomic E-state index is 0.113. The Hall–Kier alpha value is -3.07. The van der Waals surface area contributed by atoms with Crippen molar-refractivity contribution in [1.82, 2.24) is 19.7 Å². The van der Waals surface area contributed by atoms with E-state index < -0.39 is 7.60 Å². The highest BCUT2D eigenvalue weighted by atomic mass is 31.2. The van der Waals surface area contributed by atoms with Crippen LogP contribution < -0.4 is 10.6 Å². The van der Waals surface area contributed by atoms with Crippen molar-refractivity contribution in [2.75, 3.05) is 23.8 Å². The van der Waals surface area contributed by atoms with Crippen molar-refractivity contribution in [3.8, 4) is 5.95 Å². The van der Waals surface area contributed by atoms with E-state index in [-0.39, 0.29) is 24.3 Å². The van der Waals surface area contributed by atoms with Crippen LogP contribution in [0.1, 0.15) is 30.5 Å². The van der Waals surface area contributed by atoms with Gasteiger partial charge in [-0.3, -0.25) is 14.3 Å². The zero-order chi connectivity index (χ0) is 22.7. The van der Waals surface area contributed by atoms with E-state index in [9.17, 15) is 9.36 Å². The van der Waals surface area contributed by atoms with Gasteiger partial charge in [0.15, 0.2) is 0 Å². The average molecular weight is 456 g/mol. The fourth-order valence-corrected chi connectivity index (χ4v) is 5.33. The molecule has 0 saturated heterocycles. The molecule has 1 aromatic carbocycles. The number of nitrogens with two attached hydrogens (primary N) is 1. The Bertz CT molecular complexity index is 1160. The van der Waals surface area contributed by atoms with Gasteiger partial charge in [0, 0.05) is 18.0 Å². The quantitative estimate of drug-likeness (QED) is 0.487. The van der Waals surface area contributed by atoms with Gasteiger partial charge in [-0.15, -0.1) is 0 Å². The van der Waals surface area contributed by atoms with E-state index in [1.807, 2.05) is 24.3 Å². The molecule has 10 nitrogen and oxygen atoms in total. The summed E-state index contributed by atoms with van der Waals surface area (Å²) in [7, 11) is -3.23. The van der Waals surface area contributed by atoms with Crippen LogP contribution in [0.25, 0.3) is 5.95 Å². The van der Waals surface area contributed by atoms with Crippen LogP contribution in [0.15, 0.2) is 42.7 Å². The normalized spacial score (nSPS) is 13.6. The second kappa shape index (κ2) is 9.20. The lowest BCUT2D eigenvalue weighted by atomic mass is 10.1. The summed E-state index contributed by atoms with van der Waals surface area (Å²) in [4.78, 5) is 23.2. The lowest BCUT2D eigenvalue weighted by Gasteiger charge is -2.19. The third-order valence-corrected chi connectivity index (χ3v) is 7.02. The standard InChI is InChI=1S/C21H25N6O4P/c1-3-30-32(29,31-4-2)14-16-8-5-7-15(11-16)13-26-18(28)12-17-19(22)24-21(25-20(17)26)27-10-6-9-23-27/h5-11H,3-4,12-14H2,1-2H3,(H2,22,24,25). The molecule has 1 amide bonds. The van der Waals surface area contributed by atoms with E-state index in [2.05, 4.69) is 15.1 Å². The minimum Gasteiger partial charge on any atom is -0.383 e. The molecule has 11 heteroatoms. The van der Waals surface area contributed by atoms with Gasteiger partial charge in [-0.05, 0) is 31.0 Å². The number of nitrogens with zero attached hydrogens (tertiary/aromatic N) is 5. The monoisotopic (exact) mass is 456 g/mol. The largest absolute Gasteiger partial charge is 0.383 e. The molecule has 2 aromatic heterocycles. The predicted octanol–water partition coefficient (Wildman–Crippen LogP) is 3.10. The number of rotatable bonds is 9. The van der Waals surface area contributed by atoms with Gasteiger partial charge in [0.05, 0.1) is 32.3 Å². The van der Waals surface area contributed by atoms with Gasteiger partial charge in [-0.1, -0.05) is 24.3 Å². The van der Waals surface area contributed by atoms with E-state index in [0.717, 1.165) is 11.1 Å². The van der Waals surface area contributed by atoms with Crippen LogP contribution in [0.3, 0.4) is 0 Å². The smallest absolute Gasteiger partial charge is 0.335 e. The Kier molecular flexibility index (Phi) is 6.36. The van der Waals surface area contributed by atoms with Crippen molar-refractivity contribution in [3.63, 3.8) is 0 Å². The molecule has 2 N–H and O–H groups in total. The number of carbonyl (C=O) groups is 1. The Labute approximate surface area is 185 Å². The Morgan fingerprint density at radius 1 is 1.12 bits per heavy atom. The van der Waals surface area contributed by atoms with Gasteiger partial charge in [0.25, 0.3) is 5.95 Å². The van der Waals surface area contributed by atoms with Gasteiger partial charge >= 0.3 is 7.60 Å². The second-order valence-corrected chi connectivity index (χ2v) is 9.30. The maximum atomic E-state index is 12.9. The molecule has 0 atom stereocenters. The summed E-state index contributed by atoms with van der Waals surface area (Å²) >= 11 is 0. The van der Waals surface area contributed by atoms with E-state index >= 15 is 0 Å². The Morgan fingerprint density at radius 3 is 2.56 bits per heavy atom. The first-order valence-electron chi connectivity index (χ1n) is 10.3. The first-order valence-corrected chi connectivity index (χ1v) is 12.1. The van der Waals surface area contributed by atoms with Crippen molar-refractivity contribution in [2.24, 2.45) is 0 Å². The minimum atomic E-state index is -3.23. The van der Waals surface area contributed by atoms with Crippen LogP contribution in [-0.2, 0) is 37.5 Å². The number of amides is 1. The average Bonchev–Trinajstić information content (AvgIpc) is 3.38. The van der Waals surface area contributed by atoms with Crippen molar-refractivity contribution < 1.29 is 18.4 Å². The number of carbonyl (C=O) groups excluding carboxylic acids is 1. The lowest BCUT2D eigenvalue weighted by Crippen LogP contribution is -2.27. The number of fused-ring (bicyclic) bond motifs is 1. The molecule has 0 fully saturated rings. The Morgan fingerprint density at radius 2 is 1.88 bits per heavy atom. The molecule has 4 rings (SSSR count). The van der Waals surface area contributed by atoms with E-state index in [1.54, 1.807) is 37.2 Å². The summed E-state index contributed by atoms with van der Waals surface area (Å²) < 4.78 is 25.2. The number of hydrogen-bond donors (Lipinski definition) is 1. The van der Waals surface area contributed by atoms with Crippen molar-refractivity contribution in [2.45, 2.75) is 33.0 Å². The summed E-state index contributed by atoms with van der Waals surface area (Å²) in [6.07, 6.45) is 3.63. The topological polar surface area (TPSA) is 125 Å². The molecule has 0 saturated carbocycles. The fourth-order valence-electron chi connectivity index (χ4n) is 3.64. The third-order valence-electron chi connectivity index (χ3n) is 4.96. The predicted molar refractivity (Wildman–Crippen MR) is 119 cm³/mol. The molecule has 3 aromatic rings. The zero-order valence-corrected chi connectivity index (χ0v) is 18.9. The van der Waals surface area contributed by atoms with Crippen LogP contribution in [0.5, 0.6) is 0 Å². The molecule has 0 radical (unpaired) electrons. The molecule has 168 valence electrons. The number of anilines is 2. The van der Waals surface area contributed by atoms with Crippen LogP contribution in [0, 0.1) is 0 Å². The molecule has 1 aliphatic rings. The molecule has 0 aliphatic carbocycles. The van der Waals surface area contributed by atoms with Crippen molar-refractivity contribution in [3.05, 3.63) is 59.4 Å². The SMILES string of the molecule is CCOP(=O)(Cc1cccc(CN2C(=O)Cc3c(N)nc(-n4cccn4)nc32)c1)OCC. The summed E-state index contributed by atoms with van der Waals surface area (Å²) in [5.41, 5.74) is 8.39. The highest BCUT2D eigenvalue weighted by Gasteiger charge is 2.32. The summed E-state index contributed by atoms with van der Waals surface area (Å²) in [5.74, 6) is 0.930. The number of aromatic nitrogens is 4. The fraction of sp³-hybridized carbons (Fsp3) is 0.333. The van der Waals surface area contributed by atoms with Crippen LogP contribution in [-0.4, -0.2) is 38.9 Å². The van der Waals surface area contributed by atoms with Gasteiger partial charge in [-0.2, -0.15) is 15.1 Å². The highest BCUT2D eigenvalue weighted by Crippen LogP contribution is 2.51. The molecule has 32 heavy (non-hydrogen) atoms. The second-order valence-electron chi connectivity index (χ2n) is 7.24. The lowest BCUT2D eigenvalue weighted by molar-refractivity contribution is -0.117. The molecule has 3 heterocycles. The summed E-state index contributed by atoms with van der Waals surface area (Å²) in [6.45, 7) is 4.46. The van der Waals surface area contributed by atoms with E-state index in [1.165, 1.54) is 4.68 Å². The molecule has 0 spiro atoms. The first-order chi connectivity index (χ1) is 15.4. The first kappa shape index (κ1) is 22.1. The summed E-state index contributed by atoms with van der Waals surface area (Å²) in [6, 6.07) is 9.28. The zero-order valence-electron chi connectivity index (χ0n) is 18.0. The number of hydrogen-bond acceptors (Lipinski definition) is 8. The van der Waals surface area contributed by atoms with Crippen LogP contribution in [0.4, 0.5) is 11.6 Å². The van der Waals surface area contributed by atoms with Gasteiger partial charge in [0.1, 0.15) is 11.6 Å². The molecule has 1 aliphatic heterocycles. The van der Waals surface area contributed by atoms with Crippen molar-refractivity contribution in [1.29, 1.82) is 0 Å². The van der Waals surface area contributed by atoms with Gasteiger partial charge in [-0.25, -0.2) is 4.68 Å². The highest BCUT2D eigenvalue weighted by molar-refractivity contribution is 7.53. The van der Waals surface area contributed by atoms with Crippen LogP contribution in [0.2, 0.25) is 0 Å². The number of nitrogen functional groups attached to an aromatic ring is 1. The number of benzene rings is 1. The third kappa shape index (κ3) is 4.57. The molecular formula is C21H25N6O4P. The summed E-state index contributed by atoms with van der Waals surface area (Å²) in [5, 5.41) is 4.14. The van der Waals surface area contributed by atoms with Gasteiger partial charge in [0.2, 0.25) is 5.91 Å². The maximum absolute atomic E-state index is 12.9. The van der Waals surface area contributed by atoms with E-state index in [0.29, 0.717) is 37.1 Å². The molecule has 0 unspecified atom stereocenters. The van der Waals surface area contributed by atoms with Crippen molar-refractivity contribution >= 4 is 25.1 Å². The Balaban J connectivity index is 1.60. The van der Waals surface area contributed by atoms with Crippen LogP contribution >= 0.6 is 7.60 Å².